The third-order valence-electron chi connectivity index (χ3n) is 7.37. The zero-order chi connectivity index (χ0) is 26.3. The lowest BCUT2D eigenvalue weighted by Crippen LogP contribution is -2.45. The van der Waals surface area contributed by atoms with E-state index in [0.717, 1.165) is 31.9 Å². The van der Waals surface area contributed by atoms with Crippen molar-refractivity contribution in [2.24, 2.45) is 0 Å². The largest absolute Gasteiger partial charge is 0.497 e. The molecular weight excluding hydrogens is 538 g/mol. The van der Waals surface area contributed by atoms with Gasteiger partial charge in [-0.25, -0.2) is 4.90 Å². The number of amides is 2. The van der Waals surface area contributed by atoms with Gasteiger partial charge in [-0.1, -0.05) is 88.7 Å². The van der Waals surface area contributed by atoms with Crippen molar-refractivity contribution in [3.8, 4) is 5.75 Å². The number of methoxy groups -OCH3 is 1. The molecule has 1 aliphatic heterocycles. The minimum Gasteiger partial charge on any atom is -0.497 e. The average molecular weight is 562 g/mol. The minimum absolute atomic E-state index is 0.271. The molecular formula is C33H24BrNO3. The number of anilines is 1. The van der Waals surface area contributed by atoms with Crippen LogP contribution >= 0.6 is 15.9 Å². The number of nitrogens with zero attached hydrogens (tertiary/aromatic N) is 1. The molecule has 1 atom stereocenters. The molecule has 186 valence electrons. The maximum atomic E-state index is 14.8. The van der Waals surface area contributed by atoms with Crippen molar-refractivity contribution < 1.29 is 14.3 Å². The highest BCUT2D eigenvalue weighted by Crippen LogP contribution is 2.50. The number of carbonyl (C=O) groups excluding carboxylic acids is 2. The zero-order valence-corrected chi connectivity index (χ0v) is 22.3. The van der Waals surface area contributed by atoms with E-state index in [1.165, 1.54) is 4.90 Å². The standard InChI is InChI=1S/C33H24BrNO3/c1-38-27-18-19-30-29(20-27)33(25-11-3-2-4-12-25,21-24-10-7-9-22-8-5-6-13-28(22)24)32(37)35(30)31(36)23-14-16-26(34)17-15-23/h2-20H,21H2,1H3/t33-/m0/s1. The molecule has 0 fully saturated rings. The molecule has 2 amide bonds. The normalized spacial score (nSPS) is 16.5. The molecule has 0 unspecified atom stereocenters. The minimum atomic E-state index is -1.12. The van der Waals surface area contributed by atoms with Gasteiger partial charge in [0.25, 0.3) is 5.91 Å². The summed E-state index contributed by atoms with van der Waals surface area (Å²) >= 11 is 3.43. The summed E-state index contributed by atoms with van der Waals surface area (Å²) in [7, 11) is 1.61. The van der Waals surface area contributed by atoms with Crippen molar-refractivity contribution in [3.05, 3.63) is 142 Å². The summed E-state index contributed by atoms with van der Waals surface area (Å²) in [5, 5.41) is 2.19. The van der Waals surface area contributed by atoms with Crippen LogP contribution in [0, 0.1) is 0 Å². The first kappa shape index (κ1) is 24.1. The Morgan fingerprint density at radius 2 is 1.55 bits per heavy atom. The molecule has 0 bridgehead atoms. The van der Waals surface area contributed by atoms with Crippen molar-refractivity contribution in [2.45, 2.75) is 11.8 Å². The number of hydrogen-bond donors (Lipinski definition) is 0. The van der Waals surface area contributed by atoms with E-state index in [0.29, 0.717) is 23.4 Å². The van der Waals surface area contributed by atoms with Crippen molar-refractivity contribution in [3.63, 3.8) is 0 Å². The highest BCUT2D eigenvalue weighted by atomic mass is 79.9. The second kappa shape index (κ2) is 9.58. The molecule has 38 heavy (non-hydrogen) atoms. The number of fused-ring (bicyclic) bond motifs is 2. The first-order valence-electron chi connectivity index (χ1n) is 12.4. The molecule has 5 aromatic rings. The Labute approximate surface area is 229 Å². The summed E-state index contributed by atoms with van der Waals surface area (Å²) in [5.41, 5.74) is 2.52. The van der Waals surface area contributed by atoms with Crippen molar-refractivity contribution in [1.82, 2.24) is 0 Å². The fraction of sp³-hybridized carbons (Fsp3) is 0.0909. The second-order valence-corrected chi connectivity index (χ2v) is 10.3. The van der Waals surface area contributed by atoms with Crippen LogP contribution in [0.5, 0.6) is 5.75 Å². The van der Waals surface area contributed by atoms with E-state index in [-0.39, 0.29) is 11.8 Å². The molecule has 0 N–H and O–H groups in total. The molecule has 0 radical (unpaired) electrons. The Hall–Kier alpha value is -4.22. The summed E-state index contributed by atoms with van der Waals surface area (Å²) < 4.78 is 6.46. The zero-order valence-electron chi connectivity index (χ0n) is 20.7. The maximum Gasteiger partial charge on any atom is 0.265 e. The Balaban J connectivity index is 1.61. The molecule has 4 nitrogen and oxygen atoms in total. The van der Waals surface area contributed by atoms with Crippen LogP contribution in [0.2, 0.25) is 0 Å². The van der Waals surface area contributed by atoms with Crippen molar-refractivity contribution >= 4 is 44.2 Å². The van der Waals surface area contributed by atoms with E-state index in [2.05, 4.69) is 40.2 Å². The maximum absolute atomic E-state index is 14.8. The summed E-state index contributed by atoms with van der Waals surface area (Å²) in [6.07, 6.45) is 0.390. The number of ether oxygens (including phenoxy) is 1. The molecule has 0 saturated heterocycles. The predicted octanol–water partition coefficient (Wildman–Crippen LogP) is 7.33. The molecule has 5 aromatic carbocycles. The second-order valence-electron chi connectivity index (χ2n) is 9.42. The Morgan fingerprint density at radius 1 is 0.842 bits per heavy atom. The van der Waals surface area contributed by atoms with Crippen LogP contribution < -0.4 is 9.64 Å². The van der Waals surface area contributed by atoms with Gasteiger partial charge in [0.2, 0.25) is 5.91 Å². The number of benzene rings is 5. The molecule has 0 spiro atoms. The van der Waals surface area contributed by atoms with E-state index in [9.17, 15) is 9.59 Å². The van der Waals surface area contributed by atoms with Gasteiger partial charge in [-0.05, 0) is 70.8 Å². The van der Waals surface area contributed by atoms with Crippen LogP contribution in [0.15, 0.2) is 120 Å². The number of carbonyl (C=O) groups is 2. The molecule has 1 aliphatic rings. The SMILES string of the molecule is COc1ccc2c(c1)[C@](Cc1cccc3ccccc13)(c1ccccc1)C(=O)N2C(=O)c1ccc(Br)cc1. The molecule has 6 rings (SSSR count). The molecule has 1 heterocycles. The number of hydrogen-bond acceptors (Lipinski definition) is 3. The molecule has 0 saturated carbocycles. The number of rotatable bonds is 5. The topological polar surface area (TPSA) is 46.6 Å². The van der Waals surface area contributed by atoms with Gasteiger partial charge in [0, 0.05) is 15.6 Å². The van der Waals surface area contributed by atoms with Crippen molar-refractivity contribution in [2.75, 3.05) is 12.0 Å². The molecule has 0 aliphatic carbocycles. The quantitative estimate of drug-likeness (QED) is 0.211. The van der Waals surface area contributed by atoms with Gasteiger partial charge in [0.1, 0.15) is 11.2 Å². The van der Waals surface area contributed by atoms with Gasteiger partial charge in [0.05, 0.1) is 12.8 Å². The molecule has 5 heteroatoms. The van der Waals surface area contributed by atoms with E-state index >= 15 is 0 Å². The Morgan fingerprint density at radius 3 is 2.32 bits per heavy atom. The van der Waals surface area contributed by atoms with Crippen LogP contribution in [0.1, 0.15) is 27.0 Å². The third kappa shape index (κ3) is 3.82. The highest BCUT2D eigenvalue weighted by Gasteiger charge is 2.54. The van der Waals surface area contributed by atoms with E-state index in [1.807, 2.05) is 72.8 Å². The third-order valence-corrected chi connectivity index (χ3v) is 7.90. The Kier molecular flexibility index (Phi) is 6.09. The fourth-order valence-corrected chi connectivity index (χ4v) is 5.79. The van der Waals surface area contributed by atoms with Gasteiger partial charge in [-0.3, -0.25) is 9.59 Å². The van der Waals surface area contributed by atoms with Gasteiger partial charge < -0.3 is 4.74 Å². The van der Waals surface area contributed by atoms with Gasteiger partial charge in [-0.2, -0.15) is 0 Å². The number of halogens is 1. The smallest absolute Gasteiger partial charge is 0.265 e. The molecule has 0 aromatic heterocycles. The summed E-state index contributed by atoms with van der Waals surface area (Å²) in [6.45, 7) is 0. The summed E-state index contributed by atoms with van der Waals surface area (Å²) in [6, 6.07) is 36.7. The van der Waals surface area contributed by atoms with Crippen LogP contribution in [-0.4, -0.2) is 18.9 Å². The van der Waals surface area contributed by atoms with Gasteiger partial charge >= 0.3 is 0 Å². The van der Waals surface area contributed by atoms with Crippen LogP contribution in [-0.2, 0) is 16.6 Å². The van der Waals surface area contributed by atoms with Crippen molar-refractivity contribution in [1.29, 1.82) is 0 Å². The predicted molar refractivity (Wildman–Crippen MR) is 154 cm³/mol. The number of imide groups is 1. The van der Waals surface area contributed by atoms with E-state index in [1.54, 1.807) is 25.3 Å². The summed E-state index contributed by atoms with van der Waals surface area (Å²) in [5.74, 6) is 0.00478. The first-order valence-corrected chi connectivity index (χ1v) is 13.2. The lowest BCUT2D eigenvalue weighted by molar-refractivity contribution is -0.121. The highest BCUT2D eigenvalue weighted by molar-refractivity contribution is 9.10. The first-order chi connectivity index (χ1) is 18.5. The lowest BCUT2D eigenvalue weighted by Gasteiger charge is -2.30. The van der Waals surface area contributed by atoms with Gasteiger partial charge in [-0.15, -0.1) is 0 Å². The van der Waals surface area contributed by atoms with E-state index < -0.39 is 5.41 Å². The van der Waals surface area contributed by atoms with Crippen LogP contribution in [0.25, 0.3) is 10.8 Å². The Bertz CT molecular complexity index is 1680. The van der Waals surface area contributed by atoms with Crippen LogP contribution in [0.4, 0.5) is 5.69 Å². The summed E-state index contributed by atoms with van der Waals surface area (Å²) in [4.78, 5) is 30.0. The lowest BCUT2D eigenvalue weighted by atomic mass is 9.70. The van der Waals surface area contributed by atoms with E-state index in [4.69, 9.17) is 4.74 Å². The average Bonchev–Trinajstić information content (AvgIpc) is 3.21. The van der Waals surface area contributed by atoms with Crippen LogP contribution in [0.3, 0.4) is 0 Å². The van der Waals surface area contributed by atoms with Gasteiger partial charge in [0.15, 0.2) is 0 Å². The fourth-order valence-electron chi connectivity index (χ4n) is 5.52. The monoisotopic (exact) mass is 561 g/mol.